The summed E-state index contributed by atoms with van der Waals surface area (Å²) >= 11 is 0. The topological polar surface area (TPSA) is 77.8 Å². The molecule has 0 spiro atoms. The predicted octanol–water partition coefficient (Wildman–Crippen LogP) is -1.85. The maximum absolute atomic E-state index is 8.88. The fourth-order valence-corrected chi connectivity index (χ4v) is 0. The minimum absolute atomic E-state index is 0. The van der Waals surface area contributed by atoms with Crippen LogP contribution in [0.4, 0.5) is 0 Å². The minimum atomic E-state index is -4.64. The molecule has 0 aromatic carbocycles. The van der Waals surface area contributed by atoms with Gasteiger partial charge in [0.25, 0.3) is 0 Å². The summed E-state index contributed by atoms with van der Waals surface area (Å²) < 4.78 is 8.88. The molecule has 0 radical (unpaired) electrons. The van der Waals surface area contributed by atoms with Gasteiger partial charge in [0.1, 0.15) is 0 Å². The van der Waals surface area contributed by atoms with Crippen LogP contribution in [-0.4, -0.2) is 63.6 Å². The van der Waals surface area contributed by atoms with Crippen molar-refractivity contribution < 1.29 is 45.4 Å². The summed E-state index contributed by atoms with van der Waals surface area (Å²) in [5.41, 5.74) is 0. The summed E-state index contributed by atoms with van der Waals surface area (Å²) in [6.45, 7) is 0. The van der Waals surface area contributed by atoms with Gasteiger partial charge in [-0.1, -0.05) is 0 Å². The molecule has 0 aromatic rings. The SMILES string of the molecule is O=P(O)(O)O.[BaH2].[Zr]. The average Bonchev–Trinajstić information content (AvgIpc) is 0.722. The number of phosphoric acid groups is 1. The molecule has 0 amide bonds. The van der Waals surface area contributed by atoms with Crippen LogP contribution in [0.5, 0.6) is 0 Å². The van der Waals surface area contributed by atoms with Crippen LogP contribution in [0, 0.1) is 0 Å². The average molecular weight is 329 g/mol. The molecule has 0 saturated carbocycles. The van der Waals surface area contributed by atoms with Gasteiger partial charge in [-0.05, 0) is 0 Å². The second-order valence-corrected chi connectivity index (χ2v) is 1.54. The molecule has 0 aliphatic carbocycles. The maximum atomic E-state index is 8.88. The summed E-state index contributed by atoms with van der Waals surface area (Å²) in [6.07, 6.45) is 0. The molecular weight excluding hydrogens is 324 g/mol. The van der Waals surface area contributed by atoms with Crippen molar-refractivity contribution in [2.24, 2.45) is 0 Å². The molecule has 0 saturated heterocycles. The molecule has 7 heavy (non-hydrogen) atoms. The van der Waals surface area contributed by atoms with E-state index >= 15 is 0 Å². The molecule has 0 aliphatic heterocycles. The van der Waals surface area contributed by atoms with E-state index in [9.17, 15) is 0 Å². The van der Waals surface area contributed by atoms with Crippen molar-refractivity contribution in [1.29, 1.82) is 0 Å². The second-order valence-electron chi connectivity index (χ2n) is 0.513. The van der Waals surface area contributed by atoms with Crippen molar-refractivity contribution in [1.82, 2.24) is 0 Å². The van der Waals surface area contributed by atoms with Gasteiger partial charge >= 0.3 is 56.7 Å². The fraction of sp³-hybridized carbons (Fsp3) is 0. The van der Waals surface area contributed by atoms with E-state index in [1.54, 1.807) is 0 Å². The van der Waals surface area contributed by atoms with Gasteiger partial charge in [0.05, 0.1) is 0 Å². The van der Waals surface area contributed by atoms with Crippen molar-refractivity contribution in [2.45, 2.75) is 0 Å². The zero-order valence-corrected chi connectivity index (χ0v) is 6.05. The van der Waals surface area contributed by atoms with Gasteiger partial charge < -0.3 is 14.7 Å². The van der Waals surface area contributed by atoms with Crippen molar-refractivity contribution in [3.63, 3.8) is 0 Å². The van der Waals surface area contributed by atoms with Gasteiger partial charge in [-0.25, -0.2) is 4.57 Å². The van der Waals surface area contributed by atoms with Crippen LogP contribution in [0.15, 0.2) is 0 Å². The van der Waals surface area contributed by atoms with Crippen molar-refractivity contribution in [2.75, 3.05) is 0 Å². The Kier molecular flexibility index (Phi) is 15.5. The minimum Gasteiger partial charge on any atom is 0 e. The molecule has 3 N–H and O–H groups in total. The Balaban J connectivity index is -0.0000000800. The molecule has 0 aliphatic rings. The Bertz CT molecular complexity index is 57.8. The predicted molar refractivity (Wildman–Crippen MR) is 22.8 cm³/mol. The number of rotatable bonds is 0. The smallest absolute Gasteiger partial charge is 0 e. The first kappa shape index (κ1) is 16.3. The summed E-state index contributed by atoms with van der Waals surface area (Å²) in [5, 5.41) is 0. The first-order valence-corrected chi connectivity index (χ1v) is 2.35. The molecule has 4 nitrogen and oxygen atoms in total. The third-order valence-corrected chi connectivity index (χ3v) is 0. The molecule has 0 bridgehead atoms. The summed E-state index contributed by atoms with van der Waals surface area (Å²) in [7, 11) is -4.64. The van der Waals surface area contributed by atoms with Crippen LogP contribution in [-0.2, 0) is 30.8 Å². The third kappa shape index (κ3) is 56.1. The Hall–Kier alpha value is 2.56. The number of hydrogen-bond donors (Lipinski definition) is 3. The van der Waals surface area contributed by atoms with Crippen LogP contribution in [0.1, 0.15) is 0 Å². The second kappa shape index (κ2) is 6.68. The van der Waals surface area contributed by atoms with Gasteiger partial charge in [0.2, 0.25) is 0 Å². The molecule has 7 heteroatoms. The zero-order valence-electron chi connectivity index (χ0n) is 2.70. The quantitative estimate of drug-likeness (QED) is 0.360. The van der Waals surface area contributed by atoms with Crippen LogP contribution in [0.3, 0.4) is 0 Å². The van der Waals surface area contributed by atoms with Gasteiger partial charge in [0.15, 0.2) is 0 Å². The molecule has 0 rings (SSSR count). The monoisotopic (exact) mass is 328 g/mol. The molecule has 0 heterocycles. The van der Waals surface area contributed by atoms with Crippen LogP contribution >= 0.6 is 7.82 Å². The third-order valence-electron chi connectivity index (χ3n) is 0. The van der Waals surface area contributed by atoms with Gasteiger partial charge in [-0.3, -0.25) is 0 Å². The number of hydrogen-bond acceptors (Lipinski definition) is 1. The molecule has 0 aromatic heterocycles. The molecular formula is H5BaO4PZr. The van der Waals surface area contributed by atoms with E-state index in [0.29, 0.717) is 0 Å². The van der Waals surface area contributed by atoms with Crippen molar-refractivity contribution >= 4 is 56.7 Å². The first-order chi connectivity index (χ1) is 2.00. The summed E-state index contributed by atoms with van der Waals surface area (Å²) in [6, 6.07) is 0. The standard InChI is InChI=1S/Ba.H3O4P.Zr.2H/c;1-5(2,3)4;;;/h;(H3,1,2,3,4);;;. The Morgan fingerprint density at radius 1 is 1.14 bits per heavy atom. The van der Waals surface area contributed by atoms with E-state index in [1.807, 2.05) is 0 Å². The Morgan fingerprint density at radius 2 is 1.14 bits per heavy atom. The van der Waals surface area contributed by atoms with Crippen LogP contribution < -0.4 is 0 Å². The van der Waals surface area contributed by atoms with Crippen molar-refractivity contribution in [3.8, 4) is 0 Å². The molecule has 0 atom stereocenters. The van der Waals surface area contributed by atoms with Crippen LogP contribution in [0.2, 0.25) is 0 Å². The maximum Gasteiger partial charge on any atom is 0 e. The Labute approximate surface area is 100 Å². The largest absolute Gasteiger partial charge is 0 e. The van der Waals surface area contributed by atoms with E-state index in [1.165, 1.54) is 0 Å². The van der Waals surface area contributed by atoms with E-state index < -0.39 is 7.82 Å². The summed E-state index contributed by atoms with van der Waals surface area (Å²) in [4.78, 5) is 21.6. The van der Waals surface area contributed by atoms with E-state index in [2.05, 4.69) is 0 Å². The van der Waals surface area contributed by atoms with Gasteiger partial charge in [0, 0.05) is 26.2 Å². The molecule has 0 fully saturated rings. The van der Waals surface area contributed by atoms with Gasteiger partial charge in [-0.2, -0.15) is 0 Å². The normalized spacial score (nSPS) is 8.43. The van der Waals surface area contributed by atoms with E-state index in [4.69, 9.17) is 19.2 Å². The van der Waals surface area contributed by atoms with Crippen LogP contribution in [0.25, 0.3) is 0 Å². The van der Waals surface area contributed by atoms with Gasteiger partial charge in [-0.15, -0.1) is 0 Å². The molecule has 0 unspecified atom stereocenters. The fourth-order valence-electron chi connectivity index (χ4n) is 0. The van der Waals surface area contributed by atoms with E-state index in [0.717, 1.165) is 0 Å². The Morgan fingerprint density at radius 3 is 1.14 bits per heavy atom. The zero-order chi connectivity index (χ0) is 4.50. The first-order valence-electron chi connectivity index (χ1n) is 0.783. The molecule has 40 valence electrons. The van der Waals surface area contributed by atoms with E-state index in [-0.39, 0.29) is 75.1 Å². The van der Waals surface area contributed by atoms with Crippen molar-refractivity contribution in [3.05, 3.63) is 0 Å². The summed E-state index contributed by atoms with van der Waals surface area (Å²) in [5.74, 6) is 0.